The molecule has 0 spiro atoms. The smallest absolute Gasteiger partial charge is 0.234 e. The zero-order valence-electron chi connectivity index (χ0n) is 12.2. The Labute approximate surface area is 138 Å². The van der Waals surface area contributed by atoms with Gasteiger partial charge in [0.05, 0.1) is 11.4 Å². The number of carbonyl (C=O) groups excluding carboxylic acids is 1. The van der Waals surface area contributed by atoms with Crippen molar-refractivity contribution >= 4 is 39.3 Å². The molecule has 0 saturated heterocycles. The van der Waals surface area contributed by atoms with Crippen molar-refractivity contribution in [2.24, 2.45) is 0 Å². The lowest BCUT2D eigenvalue weighted by atomic mass is 10.1. The van der Waals surface area contributed by atoms with Gasteiger partial charge in [0.15, 0.2) is 0 Å². The van der Waals surface area contributed by atoms with Crippen LogP contribution in [-0.2, 0) is 10.5 Å². The summed E-state index contributed by atoms with van der Waals surface area (Å²) in [6, 6.07) is 14.2. The Hall–Kier alpha value is -1.26. The van der Waals surface area contributed by atoms with Crippen LogP contribution in [0.4, 0.5) is 5.69 Å². The Kier molecular flexibility index (Phi) is 5.88. The summed E-state index contributed by atoms with van der Waals surface area (Å²) in [4.78, 5) is 12.0. The van der Waals surface area contributed by atoms with Gasteiger partial charge in [-0.25, -0.2) is 0 Å². The van der Waals surface area contributed by atoms with Crippen molar-refractivity contribution in [3.63, 3.8) is 0 Å². The molecule has 0 saturated carbocycles. The van der Waals surface area contributed by atoms with E-state index in [0.29, 0.717) is 5.75 Å². The van der Waals surface area contributed by atoms with E-state index in [4.69, 9.17) is 0 Å². The van der Waals surface area contributed by atoms with Crippen molar-refractivity contribution in [3.8, 4) is 0 Å². The first-order chi connectivity index (χ1) is 10.1. The predicted molar refractivity (Wildman–Crippen MR) is 94.8 cm³/mol. The Morgan fingerprint density at radius 3 is 2.52 bits per heavy atom. The van der Waals surface area contributed by atoms with E-state index in [1.807, 2.05) is 37.3 Å². The molecule has 2 aromatic rings. The van der Waals surface area contributed by atoms with Crippen molar-refractivity contribution in [1.82, 2.24) is 0 Å². The fourth-order valence-corrected chi connectivity index (χ4v) is 3.24. The molecule has 0 aliphatic carbocycles. The van der Waals surface area contributed by atoms with Gasteiger partial charge in [0.1, 0.15) is 0 Å². The zero-order chi connectivity index (χ0) is 15.2. The van der Waals surface area contributed by atoms with Gasteiger partial charge in [0, 0.05) is 10.2 Å². The minimum absolute atomic E-state index is 0.0277. The van der Waals surface area contributed by atoms with E-state index in [2.05, 4.69) is 40.3 Å². The third kappa shape index (κ3) is 4.90. The summed E-state index contributed by atoms with van der Waals surface area (Å²) in [5.74, 6) is 1.33. The molecule has 0 fully saturated rings. The van der Waals surface area contributed by atoms with Crippen LogP contribution >= 0.6 is 27.7 Å². The summed E-state index contributed by atoms with van der Waals surface area (Å²) in [7, 11) is 0. The molecule has 1 N–H and O–H groups in total. The number of rotatable bonds is 5. The van der Waals surface area contributed by atoms with Gasteiger partial charge in [0.25, 0.3) is 0 Å². The molecule has 1 amide bonds. The highest BCUT2D eigenvalue weighted by atomic mass is 79.9. The number of hydrogen-bond acceptors (Lipinski definition) is 2. The number of benzene rings is 2. The van der Waals surface area contributed by atoms with Gasteiger partial charge in [-0.15, -0.1) is 11.8 Å². The molecule has 2 nitrogen and oxygen atoms in total. The second kappa shape index (κ2) is 7.66. The summed E-state index contributed by atoms with van der Waals surface area (Å²) < 4.78 is 0.923. The predicted octanol–water partition coefficient (Wildman–Crippen LogP) is 4.94. The first kappa shape index (κ1) is 16.1. The van der Waals surface area contributed by atoms with E-state index in [1.54, 1.807) is 11.8 Å². The molecule has 0 aliphatic rings. The van der Waals surface area contributed by atoms with Crippen LogP contribution in [0.2, 0.25) is 0 Å². The Balaban J connectivity index is 1.86. The average molecular weight is 364 g/mol. The third-order valence-corrected chi connectivity index (χ3v) is 4.86. The average Bonchev–Trinajstić information content (AvgIpc) is 2.46. The Morgan fingerprint density at radius 2 is 1.81 bits per heavy atom. The molecule has 2 aromatic carbocycles. The number of carbonyl (C=O) groups is 1. The third-order valence-electron chi connectivity index (χ3n) is 3.20. The van der Waals surface area contributed by atoms with Crippen molar-refractivity contribution in [2.75, 3.05) is 11.1 Å². The number of amides is 1. The van der Waals surface area contributed by atoms with Gasteiger partial charge in [0.2, 0.25) is 5.91 Å². The molecular formula is C17H18BrNOS. The molecule has 2 rings (SSSR count). The van der Waals surface area contributed by atoms with E-state index < -0.39 is 0 Å². The van der Waals surface area contributed by atoms with E-state index in [-0.39, 0.29) is 5.91 Å². The zero-order valence-corrected chi connectivity index (χ0v) is 14.6. The summed E-state index contributed by atoms with van der Waals surface area (Å²) in [6.45, 7) is 4.10. The highest BCUT2D eigenvalue weighted by Gasteiger charge is 2.07. The molecule has 0 radical (unpaired) electrons. The molecule has 0 aromatic heterocycles. The monoisotopic (exact) mass is 363 g/mol. The van der Waals surface area contributed by atoms with Gasteiger partial charge >= 0.3 is 0 Å². The molecule has 0 atom stereocenters. The first-order valence-electron chi connectivity index (χ1n) is 6.74. The van der Waals surface area contributed by atoms with Crippen molar-refractivity contribution in [2.45, 2.75) is 19.6 Å². The minimum Gasteiger partial charge on any atom is -0.324 e. The Morgan fingerprint density at radius 1 is 1.14 bits per heavy atom. The van der Waals surface area contributed by atoms with Crippen LogP contribution in [0.3, 0.4) is 0 Å². The number of halogens is 1. The van der Waals surface area contributed by atoms with Gasteiger partial charge < -0.3 is 5.32 Å². The molecule has 21 heavy (non-hydrogen) atoms. The second-order valence-corrected chi connectivity index (χ2v) is 6.78. The van der Waals surface area contributed by atoms with Crippen LogP contribution < -0.4 is 5.32 Å². The highest BCUT2D eigenvalue weighted by molar-refractivity contribution is 9.10. The van der Waals surface area contributed by atoms with Crippen LogP contribution in [0.1, 0.15) is 16.7 Å². The van der Waals surface area contributed by atoms with Gasteiger partial charge in [-0.05, 0) is 58.6 Å². The fourth-order valence-electron chi connectivity index (χ4n) is 1.90. The topological polar surface area (TPSA) is 29.1 Å². The lowest BCUT2D eigenvalue weighted by Crippen LogP contribution is -2.14. The molecule has 0 bridgehead atoms. The van der Waals surface area contributed by atoms with Crippen molar-refractivity contribution in [3.05, 3.63) is 63.6 Å². The standard InChI is InChI=1S/C17H18BrNOS/c1-12-8-15(18)16(9-13(12)2)19-17(20)11-21-10-14-6-4-3-5-7-14/h3-9H,10-11H2,1-2H3,(H,19,20). The van der Waals surface area contributed by atoms with E-state index >= 15 is 0 Å². The van der Waals surface area contributed by atoms with Crippen molar-refractivity contribution in [1.29, 1.82) is 0 Å². The second-order valence-electron chi connectivity index (χ2n) is 4.94. The summed E-state index contributed by atoms with van der Waals surface area (Å²) in [5, 5.41) is 2.96. The van der Waals surface area contributed by atoms with Gasteiger partial charge in [-0.2, -0.15) is 0 Å². The summed E-state index contributed by atoms with van der Waals surface area (Å²) >= 11 is 5.11. The quantitative estimate of drug-likeness (QED) is 0.814. The maximum absolute atomic E-state index is 12.0. The van der Waals surface area contributed by atoms with Crippen LogP contribution in [0.15, 0.2) is 46.9 Å². The molecule has 0 heterocycles. The molecule has 0 aliphatic heterocycles. The SMILES string of the molecule is Cc1cc(Br)c(NC(=O)CSCc2ccccc2)cc1C. The highest BCUT2D eigenvalue weighted by Crippen LogP contribution is 2.26. The maximum Gasteiger partial charge on any atom is 0.234 e. The largest absolute Gasteiger partial charge is 0.324 e. The molecule has 4 heteroatoms. The maximum atomic E-state index is 12.0. The number of hydrogen-bond donors (Lipinski definition) is 1. The lowest BCUT2D eigenvalue weighted by molar-refractivity contribution is -0.113. The number of nitrogens with one attached hydrogen (secondary N) is 1. The molecule has 0 unspecified atom stereocenters. The van der Waals surface area contributed by atoms with Crippen LogP contribution in [0.5, 0.6) is 0 Å². The van der Waals surface area contributed by atoms with Gasteiger partial charge in [-0.3, -0.25) is 4.79 Å². The molecular weight excluding hydrogens is 346 g/mol. The number of aryl methyl sites for hydroxylation is 2. The van der Waals surface area contributed by atoms with E-state index in [9.17, 15) is 4.79 Å². The fraction of sp³-hybridized carbons (Fsp3) is 0.235. The van der Waals surface area contributed by atoms with Crippen molar-refractivity contribution < 1.29 is 4.79 Å². The normalized spacial score (nSPS) is 10.4. The lowest BCUT2D eigenvalue weighted by Gasteiger charge is -2.10. The summed E-state index contributed by atoms with van der Waals surface area (Å²) in [5.41, 5.74) is 4.45. The summed E-state index contributed by atoms with van der Waals surface area (Å²) in [6.07, 6.45) is 0. The van der Waals surface area contributed by atoms with E-state index in [1.165, 1.54) is 16.7 Å². The van der Waals surface area contributed by atoms with Crippen LogP contribution in [-0.4, -0.2) is 11.7 Å². The van der Waals surface area contributed by atoms with E-state index in [0.717, 1.165) is 15.9 Å². The first-order valence-corrected chi connectivity index (χ1v) is 8.69. The van der Waals surface area contributed by atoms with Gasteiger partial charge in [-0.1, -0.05) is 30.3 Å². The minimum atomic E-state index is 0.0277. The number of thioether (sulfide) groups is 1. The molecule has 110 valence electrons. The van der Waals surface area contributed by atoms with Crippen LogP contribution in [0, 0.1) is 13.8 Å². The Bertz CT molecular complexity index is 628. The van der Waals surface area contributed by atoms with Crippen LogP contribution in [0.25, 0.3) is 0 Å². The number of anilines is 1.